The molecular formula is C11H16Cl2N2O2S. The standard InChI is InChI=1S/C11H16Cl2N2O2S/c1-8(15-5-2-6-18(14,16)17)10-7-9(12)3-4-11(10)13/h3-4,7-8,15H,2,5-6H2,1H3,(H2,14,16,17). The van der Waals surface area contributed by atoms with E-state index in [1.807, 2.05) is 6.92 Å². The molecular weight excluding hydrogens is 295 g/mol. The molecule has 0 saturated carbocycles. The topological polar surface area (TPSA) is 72.2 Å². The van der Waals surface area contributed by atoms with Gasteiger partial charge in [-0.1, -0.05) is 23.2 Å². The number of halogens is 2. The predicted molar refractivity (Wildman–Crippen MR) is 75.5 cm³/mol. The highest BCUT2D eigenvalue weighted by Crippen LogP contribution is 2.25. The predicted octanol–water partition coefficient (Wildman–Crippen LogP) is 2.32. The van der Waals surface area contributed by atoms with Gasteiger partial charge in [0, 0.05) is 16.1 Å². The smallest absolute Gasteiger partial charge is 0.209 e. The first-order valence-electron chi connectivity index (χ1n) is 5.48. The second kappa shape index (κ2) is 6.73. The van der Waals surface area contributed by atoms with Gasteiger partial charge in [0.1, 0.15) is 0 Å². The molecule has 4 nitrogen and oxygen atoms in total. The summed E-state index contributed by atoms with van der Waals surface area (Å²) in [5, 5.41) is 9.34. The van der Waals surface area contributed by atoms with Crippen molar-refractivity contribution in [2.45, 2.75) is 19.4 Å². The van der Waals surface area contributed by atoms with Crippen LogP contribution < -0.4 is 10.5 Å². The molecule has 0 heterocycles. The molecule has 0 radical (unpaired) electrons. The molecule has 102 valence electrons. The van der Waals surface area contributed by atoms with Crippen molar-refractivity contribution >= 4 is 33.2 Å². The molecule has 0 bridgehead atoms. The summed E-state index contributed by atoms with van der Waals surface area (Å²) in [7, 11) is -3.39. The van der Waals surface area contributed by atoms with E-state index < -0.39 is 10.0 Å². The average Bonchev–Trinajstić information content (AvgIpc) is 2.26. The highest BCUT2D eigenvalue weighted by atomic mass is 35.5. The van der Waals surface area contributed by atoms with Crippen LogP contribution in [0, 0.1) is 0 Å². The van der Waals surface area contributed by atoms with Crippen LogP contribution >= 0.6 is 23.2 Å². The van der Waals surface area contributed by atoms with Gasteiger partial charge in [-0.2, -0.15) is 0 Å². The first kappa shape index (κ1) is 15.7. The van der Waals surface area contributed by atoms with Crippen LogP contribution in [0.25, 0.3) is 0 Å². The number of sulfonamides is 1. The van der Waals surface area contributed by atoms with E-state index >= 15 is 0 Å². The zero-order chi connectivity index (χ0) is 13.8. The van der Waals surface area contributed by atoms with Crippen LogP contribution in [0.3, 0.4) is 0 Å². The summed E-state index contributed by atoms with van der Waals surface area (Å²) >= 11 is 12.0. The van der Waals surface area contributed by atoms with Gasteiger partial charge >= 0.3 is 0 Å². The quantitative estimate of drug-likeness (QED) is 0.792. The van der Waals surface area contributed by atoms with Crippen LogP contribution in [0.1, 0.15) is 24.9 Å². The summed E-state index contributed by atoms with van der Waals surface area (Å²) in [6.07, 6.45) is 0.460. The van der Waals surface area contributed by atoms with Crippen molar-refractivity contribution in [1.82, 2.24) is 5.32 Å². The first-order valence-corrected chi connectivity index (χ1v) is 7.95. The molecule has 0 aliphatic carbocycles. The Hall–Kier alpha value is -0.330. The van der Waals surface area contributed by atoms with Gasteiger partial charge in [0.2, 0.25) is 10.0 Å². The Bertz CT molecular complexity index is 506. The van der Waals surface area contributed by atoms with E-state index in [1.54, 1.807) is 18.2 Å². The van der Waals surface area contributed by atoms with Crippen molar-refractivity contribution in [3.05, 3.63) is 33.8 Å². The molecule has 7 heteroatoms. The second-order valence-corrected chi connectivity index (χ2v) is 6.64. The van der Waals surface area contributed by atoms with E-state index in [-0.39, 0.29) is 11.8 Å². The molecule has 0 aliphatic rings. The van der Waals surface area contributed by atoms with Crippen molar-refractivity contribution in [2.24, 2.45) is 5.14 Å². The highest BCUT2D eigenvalue weighted by molar-refractivity contribution is 7.89. The van der Waals surface area contributed by atoms with Crippen LogP contribution in [0.5, 0.6) is 0 Å². The molecule has 0 spiro atoms. The fourth-order valence-corrected chi connectivity index (χ4v) is 2.56. The van der Waals surface area contributed by atoms with E-state index in [2.05, 4.69) is 5.32 Å². The van der Waals surface area contributed by atoms with Crippen molar-refractivity contribution in [1.29, 1.82) is 0 Å². The monoisotopic (exact) mass is 310 g/mol. The molecule has 0 amide bonds. The van der Waals surface area contributed by atoms with Gasteiger partial charge in [-0.15, -0.1) is 0 Å². The number of nitrogens with two attached hydrogens (primary N) is 1. The fourth-order valence-electron chi connectivity index (χ4n) is 1.55. The van der Waals surface area contributed by atoms with Crippen LogP contribution in [0.15, 0.2) is 18.2 Å². The third kappa shape index (κ3) is 5.54. The van der Waals surface area contributed by atoms with Crippen LogP contribution in [-0.2, 0) is 10.0 Å². The number of nitrogens with one attached hydrogen (secondary N) is 1. The lowest BCUT2D eigenvalue weighted by molar-refractivity contribution is 0.561. The Morgan fingerprint density at radius 3 is 2.67 bits per heavy atom. The molecule has 1 atom stereocenters. The van der Waals surface area contributed by atoms with Crippen molar-refractivity contribution < 1.29 is 8.42 Å². The Labute approximate surface area is 118 Å². The Morgan fingerprint density at radius 2 is 2.06 bits per heavy atom. The van der Waals surface area contributed by atoms with E-state index in [9.17, 15) is 8.42 Å². The Balaban J connectivity index is 2.50. The number of rotatable bonds is 6. The van der Waals surface area contributed by atoms with Crippen molar-refractivity contribution in [3.63, 3.8) is 0 Å². The minimum absolute atomic E-state index is 0.00308. The van der Waals surface area contributed by atoms with Crippen LogP contribution in [0.4, 0.5) is 0 Å². The van der Waals surface area contributed by atoms with Gasteiger partial charge in [0.05, 0.1) is 5.75 Å². The van der Waals surface area contributed by atoms with Gasteiger partial charge in [0.25, 0.3) is 0 Å². The summed E-state index contributed by atoms with van der Waals surface area (Å²) in [5.41, 5.74) is 0.889. The zero-order valence-corrected chi connectivity index (χ0v) is 12.3. The molecule has 0 aromatic heterocycles. The number of hydrogen-bond acceptors (Lipinski definition) is 3. The minimum Gasteiger partial charge on any atom is -0.310 e. The third-order valence-corrected chi connectivity index (χ3v) is 3.92. The van der Waals surface area contributed by atoms with Crippen molar-refractivity contribution in [3.8, 4) is 0 Å². The number of benzene rings is 1. The summed E-state index contributed by atoms with van der Waals surface area (Å²) in [6, 6.07) is 5.25. The van der Waals surface area contributed by atoms with Gasteiger partial charge in [-0.25, -0.2) is 13.6 Å². The lowest BCUT2D eigenvalue weighted by Gasteiger charge is -2.15. The molecule has 0 saturated heterocycles. The molecule has 1 unspecified atom stereocenters. The Kier molecular flexibility index (Phi) is 5.88. The second-order valence-electron chi connectivity index (χ2n) is 4.06. The Morgan fingerprint density at radius 1 is 1.39 bits per heavy atom. The molecule has 0 fully saturated rings. The zero-order valence-electron chi connectivity index (χ0n) is 9.99. The fraction of sp³-hybridized carbons (Fsp3) is 0.455. The van der Waals surface area contributed by atoms with E-state index in [1.165, 1.54) is 0 Å². The van der Waals surface area contributed by atoms with Gasteiger partial charge in [-0.3, -0.25) is 0 Å². The third-order valence-electron chi connectivity index (χ3n) is 2.48. The molecule has 1 aromatic carbocycles. The molecule has 18 heavy (non-hydrogen) atoms. The van der Waals surface area contributed by atoms with Crippen molar-refractivity contribution in [2.75, 3.05) is 12.3 Å². The maximum Gasteiger partial charge on any atom is 0.209 e. The molecule has 3 N–H and O–H groups in total. The van der Waals surface area contributed by atoms with E-state index in [0.717, 1.165) is 5.56 Å². The maximum atomic E-state index is 10.8. The number of hydrogen-bond donors (Lipinski definition) is 2. The van der Waals surface area contributed by atoms with E-state index in [0.29, 0.717) is 23.0 Å². The van der Waals surface area contributed by atoms with Crippen LogP contribution in [-0.4, -0.2) is 20.7 Å². The first-order chi connectivity index (χ1) is 8.29. The van der Waals surface area contributed by atoms with E-state index in [4.69, 9.17) is 28.3 Å². The van der Waals surface area contributed by atoms with Gasteiger partial charge in [-0.05, 0) is 43.7 Å². The maximum absolute atomic E-state index is 10.8. The molecule has 1 rings (SSSR count). The summed E-state index contributed by atoms with van der Waals surface area (Å²) in [4.78, 5) is 0. The molecule has 1 aromatic rings. The normalized spacial score (nSPS) is 13.6. The lowest BCUT2D eigenvalue weighted by atomic mass is 10.1. The summed E-state index contributed by atoms with van der Waals surface area (Å²) < 4.78 is 21.5. The van der Waals surface area contributed by atoms with Gasteiger partial charge in [0.15, 0.2) is 0 Å². The number of primary sulfonamides is 1. The average molecular weight is 311 g/mol. The largest absolute Gasteiger partial charge is 0.310 e. The summed E-state index contributed by atoms with van der Waals surface area (Å²) in [5.74, 6) is -0.0317. The highest BCUT2D eigenvalue weighted by Gasteiger charge is 2.10. The minimum atomic E-state index is -3.39. The lowest BCUT2D eigenvalue weighted by Crippen LogP contribution is -2.24. The van der Waals surface area contributed by atoms with Gasteiger partial charge < -0.3 is 5.32 Å². The molecule has 0 aliphatic heterocycles. The van der Waals surface area contributed by atoms with Crippen LogP contribution in [0.2, 0.25) is 10.0 Å². The SMILES string of the molecule is CC(NCCCS(N)(=O)=O)c1cc(Cl)ccc1Cl. The summed E-state index contributed by atoms with van der Waals surface area (Å²) in [6.45, 7) is 2.48.